The van der Waals surface area contributed by atoms with Crippen molar-refractivity contribution in [3.8, 4) is 5.69 Å². The fraction of sp³-hybridized carbons (Fsp3) is 0.459. The van der Waals surface area contributed by atoms with Gasteiger partial charge >= 0.3 is 6.18 Å². The van der Waals surface area contributed by atoms with Crippen molar-refractivity contribution in [3.05, 3.63) is 87.7 Å². The van der Waals surface area contributed by atoms with Crippen LogP contribution in [0.4, 0.5) is 13.2 Å². The summed E-state index contributed by atoms with van der Waals surface area (Å²) < 4.78 is 98.1. The van der Waals surface area contributed by atoms with E-state index in [4.69, 9.17) is 13.0 Å². The van der Waals surface area contributed by atoms with Gasteiger partial charge in [-0.3, -0.25) is 19.1 Å². The number of hydrogen-bond donors (Lipinski definition) is 0. The molecule has 1 atom stereocenters. The fourth-order valence-electron chi connectivity index (χ4n) is 6.87. The number of rotatable bonds is 10. The molecule has 1 fully saturated rings. The van der Waals surface area contributed by atoms with E-state index in [2.05, 4.69) is 41.5 Å². The third kappa shape index (κ3) is 7.40. The second-order valence-electron chi connectivity index (χ2n) is 14.4. The number of carbonyl (C=O) groups excluding carboxylic acids is 1. The standard InChI is InChI=1S/C37H46F3N7O3Si/c1-24(45-17-13-26(14-18-45)25-8-10-27(11-9-25)35(48)43(2)3)31-22-28-29(12-16-41-34(28)44(31)4)46-19-15-30-32(36(46)49)33(37(38,39)40)42-47(30)23-50-20-21-51(5,6)7/h8-12,15-16,19,22,24,26H,13-14,17-18,20-21,23H2,1-7H3/i2D3,3D3. The molecule has 0 saturated carbocycles. The molecule has 10 nitrogen and oxygen atoms in total. The van der Waals surface area contributed by atoms with Gasteiger partial charge in [0.15, 0.2) is 5.69 Å². The lowest BCUT2D eigenvalue weighted by atomic mass is 9.88. The third-order valence-electron chi connectivity index (χ3n) is 9.82. The Bertz CT molecular complexity index is 2310. The van der Waals surface area contributed by atoms with Crippen LogP contribution in [0.5, 0.6) is 0 Å². The highest BCUT2D eigenvalue weighted by atomic mass is 28.3. The first-order valence-corrected chi connectivity index (χ1v) is 20.6. The van der Waals surface area contributed by atoms with Crippen LogP contribution in [0.2, 0.25) is 25.7 Å². The minimum Gasteiger partial charge on any atom is -0.360 e. The molecule has 0 aliphatic carbocycles. The molecule has 1 unspecified atom stereocenters. The van der Waals surface area contributed by atoms with Crippen molar-refractivity contribution in [1.82, 2.24) is 33.7 Å². The first-order chi connectivity index (χ1) is 26.5. The summed E-state index contributed by atoms with van der Waals surface area (Å²) in [5.41, 5.74) is 0.668. The maximum absolute atomic E-state index is 14.3. The first-order valence-electron chi connectivity index (χ1n) is 19.9. The number of carbonyl (C=O) groups is 1. The Balaban J connectivity index is 1.22. The molecule has 1 saturated heterocycles. The largest absolute Gasteiger partial charge is 0.435 e. The van der Waals surface area contributed by atoms with Crippen molar-refractivity contribution < 1.29 is 30.9 Å². The van der Waals surface area contributed by atoms with E-state index in [0.29, 0.717) is 36.4 Å². The molecule has 51 heavy (non-hydrogen) atoms. The summed E-state index contributed by atoms with van der Waals surface area (Å²) in [5, 5.41) is 3.85. The molecule has 4 aromatic heterocycles. The van der Waals surface area contributed by atoms with Crippen LogP contribution in [0.15, 0.2) is 59.7 Å². The maximum atomic E-state index is 14.3. The summed E-state index contributed by atoms with van der Waals surface area (Å²) in [6.07, 6.45) is -0.341. The lowest BCUT2D eigenvalue weighted by Crippen LogP contribution is -2.35. The van der Waals surface area contributed by atoms with E-state index in [1.54, 1.807) is 18.2 Å². The van der Waals surface area contributed by atoms with Crippen molar-refractivity contribution in [1.29, 1.82) is 0 Å². The molecule has 1 aromatic carbocycles. The lowest BCUT2D eigenvalue weighted by Gasteiger charge is -2.36. The van der Waals surface area contributed by atoms with Crippen molar-refractivity contribution in [2.45, 2.75) is 70.3 Å². The zero-order chi connectivity index (χ0) is 41.8. The van der Waals surface area contributed by atoms with Crippen LogP contribution < -0.4 is 5.56 Å². The number of ether oxygens (including phenoxy) is 1. The van der Waals surface area contributed by atoms with Gasteiger partial charge < -0.3 is 14.2 Å². The van der Waals surface area contributed by atoms with Gasteiger partial charge in [0.25, 0.3) is 11.5 Å². The minimum atomic E-state index is -4.87. The second kappa shape index (κ2) is 14.0. The zero-order valence-corrected chi connectivity index (χ0v) is 30.3. The molecular formula is C37H46F3N7O3Si. The van der Waals surface area contributed by atoms with Crippen molar-refractivity contribution in [3.63, 3.8) is 0 Å². The van der Waals surface area contributed by atoms with Crippen molar-refractivity contribution >= 4 is 35.9 Å². The van der Waals surface area contributed by atoms with Gasteiger partial charge in [0.1, 0.15) is 12.4 Å². The van der Waals surface area contributed by atoms with E-state index < -0.39 is 50.7 Å². The molecule has 0 bridgehead atoms. The quantitative estimate of drug-likeness (QED) is 0.113. The molecular weight excluding hydrogens is 676 g/mol. The smallest absolute Gasteiger partial charge is 0.360 e. The maximum Gasteiger partial charge on any atom is 0.435 e. The third-order valence-corrected chi connectivity index (χ3v) is 11.5. The fourth-order valence-corrected chi connectivity index (χ4v) is 7.63. The monoisotopic (exact) mass is 727 g/mol. The van der Waals surface area contributed by atoms with Crippen LogP contribution in [0.1, 0.15) is 67.3 Å². The Morgan fingerprint density at radius 1 is 1.12 bits per heavy atom. The number of fused-ring (bicyclic) bond motifs is 2. The number of halogens is 3. The molecule has 1 aliphatic rings. The lowest BCUT2D eigenvalue weighted by molar-refractivity contribution is -0.140. The molecule has 5 aromatic rings. The van der Waals surface area contributed by atoms with Crippen LogP contribution in [0.3, 0.4) is 0 Å². The van der Waals surface area contributed by atoms with Gasteiger partial charge in [0, 0.05) is 79.0 Å². The van der Waals surface area contributed by atoms with E-state index in [1.165, 1.54) is 35.2 Å². The molecule has 0 spiro atoms. The van der Waals surface area contributed by atoms with Gasteiger partial charge in [-0.05, 0) is 80.7 Å². The van der Waals surface area contributed by atoms with Gasteiger partial charge in [-0.15, -0.1) is 0 Å². The number of nitrogens with zero attached hydrogens (tertiary/aromatic N) is 7. The molecule has 14 heteroatoms. The number of piperidine rings is 1. The molecule has 272 valence electrons. The number of alkyl halides is 3. The Labute approximate surface area is 304 Å². The van der Waals surface area contributed by atoms with Gasteiger partial charge in [0.05, 0.1) is 16.6 Å². The predicted octanol–water partition coefficient (Wildman–Crippen LogP) is 7.05. The number of hydrogen-bond acceptors (Lipinski definition) is 6. The molecule has 0 radical (unpaired) electrons. The number of amides is 1. The molecule has 1 aliphatic heterocycles. The topological polar surface area (TPSA) is 90.4 Å². The molecule has 1 amide bonds. The van der Waals surface area contributed by atoms with Crippen LogP contribution in [-0.2, 0) is 24.7 Å². The SMILES string of the molecule is [2H]C([2H])([2H])N(C(=O)c1ccc(C2CCN(C(C)c3cc4c(-n5ccc6c(c(C(F)(F)F)nn6COCC[Si](C)(C)C)c5=O)ccnc4n3C)CC2)cc1)C([2H])([2H])[2H]. The Kier molecular flexibility index (Phi) is 8.07. The number of aryl methyl sites for hydroxylation is 1. The summed E-state index contributed by atoms with van der Waals surface area (Å²) in [7, 11) is 0.428. The molecule has 0 N–H and O–H groups in total. The Morgan fingerprint density at radius 2 is 1.82 bits per heavy atom. The van der Waals surface area contributed by atoms with E-state index >= 15 is 0 Å². The highest BCUT2D eigenvalue weighted by molar-refractivity contribution is 6.76. The predicted molar refractivity (Wildman–Crippen MR) is 195 cm³/mol. The minimum absolute atomic E-state index is 0.0309. The van der Waals surface area contributed by atoms with E-state index in [9.17, 15) is 22.8 Å². The molecule has 6 rings (SSSR count). The van der Waals surface area contributed by atoms with Crippen LogP contribution in [-0.4, -0.2) is 81.3 Å². The van der Waals surface area contributed by atoms with Crippen LogP contribution >= 0.6 is 0 Å². The Morgan fingerprint density at radius 3 is 2.47 bits per heavy atom. The van der Waals surface area contributed by atoms with E-state index in [0.717, 1.165) is 34.8 Å². The van der Waals surface area contributed by atoms with Crippen molar-refractivity contribution in [2.75, 3.05) is 33.6 Å². The second-order valence-corrected chi connectivity index (χ2v) is 20.0. The van der Waals surface area contributed by atoms with E-state index in [1.807, 2.05) is 17.7 Å². The summed E-state index contributed by atoms with van der Waals surface area (Å²) in [5.74, 6) is -0.955. The average Bonchev–Trinajstić information content (AvgIpc) is 3.67. The van der Waals surface area contributed by atoms with Gasteiger partial charge in [-0.1, -0.05) is 31.8 Å². The summed E-state index contributed by atoms with van der Waals surface area (Å²) >= 11 is 0. The number of benzene rings is 1. The normalized spacial score (nSPS) is 17.8. The number of likely N-dealkylation sites (tertiary alicyclic amines) is 1. The van der Waals surface area contributed by atoms with Gasteiger partial charge in [-0.25, -0.2) is 9.67 Å². The summed E-state index contributed by atoms with van der Waals surface area (Å²) in [4.78, 5) is 33.7. The Hall–Kier alpha value is -4.27. The highest BCUT2D eigenvalue weighted by Gasteiger charge is 2.38. The number of aromatic nitrogens is 5. The van der Waals surface area contributed by atoms with Gasteiger partial charge in [-0.2, -0.15) is 18.3 Å². The zero-order valence-electron chi connectivity index (χ0n) is 35.3. The van der Waals surface area contributed by atoms with Crippen LogP contribution in [0.25, 0.3) is 27.6 Å². The average molecular weight is 728 g/mol. The summed E-state index contributed by atoms with van der Waals surface area (Å²) in [6.45, 7) is 3.89. The van der Waals surface area contributed by atoms with Crippen LogP contribution in [0, 0.1) is 0 Å². The molecule has 5 heterocycles. The number of pyridine rings is 2. The summed E-state index contributed by atoms with van der Waals surface area (Å²) in [6, 6.07) is 12.1. The first kappa shape index (κ1) is 29.3. The van der Waals surface area contributed by atoms with E-state index in [-0.39, 0.29) is 34.7 Å². The van der Waals surface area contributed by atoms with Gasteiger partial charge in [0.2, 0.25) is 0 Å². The van der Waals surface area contributed by atoms with Crippen molar-refractivity contribution in [2.24, 2.45) is 7.05 Å². The highest BCUT2D eigenvalue weighted by Crippen LogP contribution is 2.36.